The van der Waals surface area contributed by atoms with Gasteiger partial charge in [-0.25, -0.2) is 0 Å². The van der Waals surface area contributed by atoms with Gasteiger partial charge in [0.05, 0.1) is 24.3 Å². The predicted molar refractivity (Wildman–Crippen MR) is 126 cm³/mol. The molecule has 1 aromatic heterocycles. The first-order valence-electron chi connectivity index (χ1n) is 11.1. The zero-order valence-corrected chi connectivity index (χ0v) is 18.1. The van der Waals surface area contributed by atoms with Gasteiger partial charge in [0.2, 0.25) is 5.91 Å². The van der Waals surface area contributed by atoms with Gasteiger partial charge in [0.15, 0.2) is 0 Å². The highest BCUT2D eigenvalue weighted by molar-refractivity contribution is 5.97. The summed E-state index contributed by atoms with van der Waals surface area (Å²) in [7, 11) is 0. The zero-order valence-electron chi connectivity index (χ0n) is 18.1. The second kappa shape index (κ2) is 9.00. The van der Waals surface area contributed by atoms with Crippen molar-refractivity contribution < 1.29 is 14.7 Å². The average molecular weight is 440 g/mol. The number of piperazine rings is 1. The summed E-state index contributed by atoms with van der Waals surface area (Å²) in [5.41, 5.74) is 3.75. The third kappa shape index (κ3) is 4.05. The molecule has 166 valence electrons. The number of aromatic nitrogens is 1. The molecule has 0 unspecified atom stereocenters. The number of rotatable bonds is 5. The second-order valence-electron chi connectivity index (χ2n) is 8.48. The number of carbonyl (C=O) groups is 2. The number of pyridine rings is 1. The molecule has 2 aliphatic rings. The lowest BCUT2D eigenvalue weighted by Crippen LogP contribution is -2.73. The van der Waals surface area contributed by atoms with Gasteiger partial charge < -0.3 is 14.9 Å². The summed E-state index contributed by atoms with van der Waals surface area (Å²) in [6.45, 7) is 0.367. The molecule has 0 aliphatic carbocycles. The van der Waals surface area contributed by atoms with E-state index < -0.39 is 0 Å². The van der Waals surface area contributed by atoms with Crippen molar-refractivity contribution in [3.63, 3.8) is 0 Å². The summed E-state index contributed by atoms with van der Waals surface area (Å²) in [4.78, 5) is 33.1. The number of aliphatic hydroxyl groups is 1. The molecule has 33 heavy (non-hydrogen) atoms. The van der Waals surface area contributed by atoms with Crippen molar-refractivity contribution in [1.82, 2.24) is 14.8 Å². The first kappa shape index (κ1) is 21.1. The molecule has 2 fully saturated rings. The zero-order chi connectivity index (χ0) is 22.8. The Hall–Kier alpha value is -3.77. The average Bonchev–Trinajstić information content (AvgIpc) is 2.85. The number of fused-ring (bicyclic) bond motifs is 1. The standard InChI is InChI=1S/C27H25N3O3/c31-18-24-26(21-12-10-20(11-13-21)9-8-19-5-2-1-3-6-19)23-16-29(17-25(32)30(23)24)27(33)22-7-4-14-28-15-22/h1-15,23-24,26,31H,16-18H2/b9-8+/t23-,24-,26-/m0/s1. The van der Waals surface area contributed by atoms with Crippen molar-refractivity contribution in [2.24, 2.45) is 0 Å². The van der Waals surface area contributed by atoms with Crippen LogP contribution in [-0.4, -0.2) is 63.5 Å². The van der Waals surface area contributed by atoms with Crippen molar-refractivity contribution in [3.8, 4) is 0 Å². The fourth-order valence-corrected chi connectivity index (χ4v) is 4.91. The minimum absolute atomic E-state index is 0.0180. The molecule has 2 aliphatic heterocycles. The van der Waals surface area contributed by atoms with Crippen molar-refractivity contribution in [1.29, 1.82) is 0 Å². The number of amides is 2. The Bertz CT molecular complexity index is 1160. The normalized spacial score (nSPS) is 22.2. The molecule has 0 radical (unpaired) electrons. The number of benzene rings is 2. The van der Waals surface area contributed by atoms with Crippen molar-refractivity contribution in [2.45, 2.75) is 18.0 Å². The molecule has 0 bridgehead atoms. The topological polar surface area (TPSA) is 73.7 Å². The van der Waals surface area contributed by atoms with E-state index in [1.807, 2.05) is 18.2 Å². The number of aliphatic hydroxyl groups excluding tert-OH is 1. The van der Waals surface area contributed by atoms with Gasteiger partial charge in [-0.15, -0.1) is 0 Å². The van der Waals surface area contributed by atoms with Crippen LogP contribution in [-0.2, 0) is 4.79 Å². The lowest BCUT2D eigenvalue weighted by molar-refractivity contribution is -0.159. The van der Waals surface area contributed by atoms with E-state index in [2.05, 4.69) is 53.5 Å². The summed E-state index contributed by atoms with van der Waals surface area (Å²) >= 11 is 0. The van der Waals surface area contributed by atoms with E-state index in [0.717, 1.165) is 16.7 Å². The molecule has 0 saturated carbocycles. The van der Waals surface area contributed by atoms with Crippen LogP contribution in [0.15, 0.2) is 79.1 Å². The Morgan fingerprint density at radius 2 is 1.73 bits per heavy atom. The van der Waals surface area contributed by atoms with Gasteiger partial charge >= 0.3 is 0 Å². The monoisotopic (exact) mass is 439 g/mol. The Morgan fingerprint density at radius 1 is 1.00 bits per heavy atom. The lowest BCUT2D eigenvalue weighted by Gasteiger charge is -2.58. The molecule has 1 N–H and O–H groups in total. The Kier molecular flexibility index (Phi) is 5.75. The molecular weight excluding hydrogens is 414 g/mol. The van der Waals surface area contributed by atoms with Gasteiger partial charge in [-0.05, 0) is 28.8 Å². The smallest absolute Gasteiger partial charge is 0.255 e. The fourth-order valence-electron chi connectivity index (χ4n) is 4.91. The second-order valence-corrected chi connectivity index (χ2v) is 8.48. The van der Waals surface area contributed by atoms with E-state index in [1.54, 1.807) is 28.1 Å². The summed E-state index contributed by atoms with van der Waals surface area (Å²) < 4.78 is 0. The van der Waals surface area contributed by atoms with Crippen LogP contribution in [0.1, 0.15) is 33.0 Å². The van der Waals surface area contributed by atoms with Crippen LogP contribution < -0.4 is 0 Å². The Labute approximate surface area is 192 Å². The van der Waals surface area contributed by atoms with Gasteiger partial charge in [0, 0.05) is 24.9 Å². The minimum Gasteiger partial charge on any atom is -0.394 e. The highest BCUT2D eigenvalue weighted by Gasteiger charge is 2.54. The van der Waals surface area contributed by atoms with Crippen molar-refractivity contribution >= 4 is 24.0 Å². The first-order valence-corrected chi connectivity index (χ1v) is 11.1. The molecule has 6 heteroatoms. The molecule has 5 rings (SSSR count). The Morgan fingerprint density at radius 3 is 2.39 bits per heavy atom. The van der Waals surface area contributed by atoms with Gasteiger partial charge in [-0.3, -0.25) is 14.6 Å². The molecular formula is C27H25N3O3. The van der Waals surface area contributed by atoms with Crippen molar-refractivity contribution in [3.05, 3.63) is 101 Å². The largest absolute Gasteiger partial charge is 0.394 e. The van der Waals surface area contributed by atoms with Gasteiger partial charge in [0.1, 0.15) is 6.54 Å². The lowest BCUT2D eigenvalue weighted by atomic mass is 9.73. The quantitative estimate of drug-likeness (QED) is 0.620. The molecule has 2 aromatic carbocycles. The predicted octanol–water partition coefficient (Wildman–Crippen LogP) is 3.06. The van der Waals surface area contributed by atoms with Crippen LogP contribution in [0, 0.1) is 0 Å². The highest BCUT2D eigenvalue weighted by Crippen LogP contribution is 2.43. The summed E-state index contributed by atoms with van der Waals surface area (Å²) in [5, 5.41) is 10.00. The van der Waals surface area contributed by atoms with Crippen LogP contribution in [0.5, 0.6) is 0 Å². The fraction of sp³-hybridized carbons (Fsp3) is 0.222. The van der Waals surface area contributed by atoms with E-state index in [-0.39, 0.29) is 43.0 Å². The Balaban J connectivity index is 1.34. The molecule has 2 amide bonds. The number of hydrogen-bond donors (Lipinski definition) is 1. The molecule has 0 spiro atoms. The maximum atomic E-state index is 12.9. The summed E-state index contributed by atoms with van der Waals surface area (Å²) in [6, 6.07) is 21.4. The summed E-state index contributed by atoms with van der Waals surface area (Å²) in [6.07, 6.45) is 7.27. The van der Waals surface area contributed by atoms with E-state index in [4.69, 9.17) is 0 Å². The molecule has 3 atom stereocenters. The van der Waals surface area contributed by atoms with E-state index in [1.165, 1.54) is 6.20 Å². The van der Waals surface area contributed by atoms with E-state index in [9.17, 15) is 14.7 Å². The van der Waals surface area contributed by atoms with Crippen LogP contribution >= 0.6 is 0 Å². The summed E-state index contributed by atoms with van der Waals surface area (Å²) in [5.74, 6) is -0.333. The van der Waals surface area contributed by atoms with Crippen LogP contribution in [0.3, 0.4) is 0 Å². The van der Waals surface area contributed by atoms with Gasteiger partial charge in [0.25, 0.3) is 5.91 Å². The van der Waals surface area contributed by atoms with Crippen LogP contribution in [0.2, 0.25) is 0 Å². The van der Waals surface area contributed by atoms with Gasteiger partial charge in [-0.2, -0.15) is 0 Å². The third-order valence-electron chi connectivity index (χ3n) is 6.54. The highest BCUT2D eigenvalue weighted by atomic mass is 16.3. The SMILES string of the molecule is O=C(c1cccnc1)N1CC(=O)N2[C@@H](CO)[C@@H](c3ccc(/C=C/c4ccccc4)cc3)[C@@H]2C1. The van der Waals surface area contributed by atoms with Crippen LogP contribution in [0.4, 0.5) is 0 Å². The number of hydrogen-bond acceptors (Lipinski definition) is 4. The van der Waals surface area contributed by atoms with E-state index in [0.29, 0.717) is 12.1 Å². The van der Waals surface area contributed by atoms with Crippen molar-refractivity contribution in [2.75, 3.05) is 19.7 Å². The maximum absolute atomic E-state index is 12.9. The molecule has 2 saturated heterocycles. The molecule has 3 aromatic rings. The molecule has 6 nitrogen and oxygen atoms in total. The maximum Gasteiger partial charge on any atom is 0.255 e. The van der Waals surface area contributed by atoms with Crippen LogP contribution in [0.25, 0.3) is 12.2 Å². The van der Waals surface area contributed by atoms with Gasteiger partial charge in [-0.1, -0.05) is 66.7 Å². The van der Waals surface area contributed by atoms with E-state index >= 15 is 0 Å². The third-order valence-corrected chi connectivity index (χ3v) is 6.54. The number of carbonyl (C=O) groups excluding carboxylic acids is 2. The first-order chi connectivity index (χ1) is 16.2. The number of nitrogens with zero attached hydrogens (tertiary/aromatic N) is 3. The molecule has 3 heterocycles. The minimum atomic E-state index is -0.260.